The molecule has 7 heteroatoms. The second-order valence-corrected chi connectivity index (χ2v) is 6.01. The van der Waals surface area contributed by atoms with Gasteiger partial charge in [-0.25, -0.2) is 14.8 Å². The molecular weight excluding hydrogens is 318 g/mol. The maximum Gasteiger partial charge on any atom is 0.319 e. The SMILES string of the molecule is COc1ccc(NC(=O)NCc2nccc(N3CCCC3)n2)c(C)c1. The number of nitrogens with zero attached hydrogens (tertiary/aromatic N) is 3. The monoisotopic (exact) mass is 341 g/mol. The van der Waals surface area contributed by atoms with E-state index in [1.165, 1.54) is 12.8 Å². The van der Waals surface area contributed by atoms with Crippen molar-refractivity contribution in [3.63, 3.8) is 0 Å². The molecule has 132 valence electrons. The van der Waals surface area contributed by atoms with Gasteiger partial charge in [-0.15, -0.1) is 0 Å². The predicted molar refractivity (Wildman–Crippen MR) is 97.1 cm³/mol. The minimum absolute atomic E-state index is 0.280. The summed E-state index contributed by atoms with van der Waals surface area (Å²) in [6, 6.07) is 7.13. The molecule has 1 saturated heterocycles. The van der Waals surface area contributed by atoms with E-state index in [1.807, 2.05) is 31.2 Å². The van der Waals surface area contributed by atoms with E-state index in [1.54, 1.807) is 13.3 Å². The molecule has 1 aliphatic rings. The van der Waals surface area contributed by atoms with E-state index in [0.29, 0.717) is 5.82 Å². The molecule has 1 aromatic heterocycles. The van der Waals surface area contributed by atoms with Crippen LogP contribution in [-0.4, -0.2) is 36.2 Å². The first kappa shape index (κ1) is 17.0. The van der Waals surface area contributed by atoms with Crippen LogP contribution in [0.25, 0.3) is 0 Å². The number of hydrogen-bond donors (Lipinski definition) is 2. The van der Waals surface area contributed by atoms with Crippen LogP contribution in [0.3, 0.4) is 0 Å². The number of methoxy groups -OCH3 is 1. The first-order chi connectivity index (χ1) is 12.2. The number of urea groups is 1. The topological polar surface area (TPSA) is 79.4 Å². The van der Waals surface area contributed by atoms with Crippen molar-refractivity contribution >= 4 is 17.5 Å². The fourth-order valence-electron chi connectivity index (χ4n) is 2.83. The predicted octanol–water partition coefficient (Wildman–Crippen LogP) is 2.72. The highest BCUT2D eigenvalue weighted by Gasteiger charge is 2.14. The summed E-state index contributed by atoms with van der Waals surface area (Å²) in [6.45, 7) is 4.26. The number of benzene rings is 1. The van der Waals surface area contributed by atoms with Crippen LogP contribution >= 0.6 is 0 Å². The molecule has 0 unspecified atom stereocenters. The van der Waals surface area contributed by atoms with Crippen LogP contribution in [0.2, 0.25) is 0 Å². The largest absolute Gasteiger partial charge is 0.497 e. The lowest BCUT2D eigenvalue weighted by Gasteiger charge is -2.16. The number of hydrogen-bond acceptors (Lipinski definition) is 5. The number of amides is 2. The third-order valence-electron chi connectivity index (χ3n) is 4.21. The first-order valence-electron chi connectivity index (χ1n) is 8.42. The Morgan fingerprint density at radius 3 is 2.80 bits per heavy atom. The lowest BCUT2D eigenvalue weighted by Crippen LogP contribution is -2.29. The number of aryl methyl sites for hydroxylation is 1. The minimum Gasteiger partial charge on any atom is -0.497 e. The molecule has 0 saturated carbocycles. The van der Waals surface area contributed by atoms with E-state index in [2.05, 4.69) is 25.5 Å². The van der Waals surface area contributed by atoms with Gasteiger partial charge in [-0.2, -0.15) is 0 Å². The van der Waals surface area contributed by atoms with Crippen molar-refractivity contribution in [3.8, 4) is 5.75 Å². The van der Waals surface area contributed by atoms with Gasteiger partial charge in [-0.3, -0.25) is 0 Å². The number of carbonyl (C=O) groups is 1. The van der Waals surface area contributed by atoms with Gasteiger partial charge in [-0.05, 0) is 49.6 Å². The Bertz CT molecular complexity index is 744. The first-order valence-corrected chi connectivity index (χ1v) is 8.42. The highest BCUT2D eigenvalue weighted by molar-refractivity contribution is 5.90. The maximum atomic E-state index is 12.1. The van der Waals surface area contributed by atoms with Crippen molar-refractivity contribution in [1.29, 1.82) is 0 Å². The fraction of sp³-hybridized carbons (Fsp3) is 0.389. The van der Waals surface area contributed by atoms with E-state index < -0.39 is 0 Å². The molecule has 25 heavy (non-hydrogen) atoms. The summed E-state index contributed by atoms with van der Waals surface area (Å²) in [6.07, 6.45) is 4.13. The summed E-state index contributed by atoms with van der Waals surface area (Å²) in [5.74, 6) is 2.29. The fourth-order valence-corrected chi connectivity index (χ4v) is 2.83. The van der Waals surface area contributed by atoms with Gasteiger partial charge in [0.05, 0.1) is 13.7 Å². The zero-order valence-electron chi connectivity index (χ0n) is 14.6. The molecule has 0 atom stereocenters. The van der Waals surface area contributed by atoms with Crippen LogP contribution in [0.1, 0.15) is 24.2 Å². The van der Waals surface area contributed by atoms with E-state index in [-0.39, 0.29) is 12.6 Å². The Morgan fingerprint density at radius 1 is 1.28 bits per heavy atom. The molecule has 2 amide bonds. The molecule has 7 nitrogen and oxygen atoms in total. The zero-order chi connectivity index (χ0) is 17.6. The molecule has 0 aliphatic carbocycles. The van der Waals surface area contributed by atoms with Crippen molar-refractivity contribution in [2.24, 2.45) is 0 Å². The third kappa shape index (κ3) is 4.37. The molecule has 0 radical (unpaired) electrons. The second kappa shape index (κ2) is 7.83. The number of aromatic nitrogens is 2. The average molecular weight is 341 g/mol. The number of carbonyl (C=O) groups excluding carboxylic acids is 1. The summed E-state index contributed by atoms with van der Waals surface area (Å²) < 4.78 is 5.16. The van der Waals surface area contributed by atoms with Crippen molar-refractivity contribution < 1.29 is 9.53 Å². The summed E-state index contributed by atoms with van der Waals surface area (Å²) >= 11 is 0. The molecule has 2 heterocycles. The molecule has 2 aromatic rings. The lowest BCUT2D eigenvalue weighted by atomic mass is 10.2. The Hall–Kier alpha value is -2.83. The number of anilines is 2. The molecular formula is C18H23N5O2. The van der Waals surface area contributed by atoms with Gasteiger partial charge in [0.25, 0.3) is 0 Å². The standard InChI is InChI=1S/C18H23N5O2/c1-13-11-14(25-2)5-6-15(13)21-18(24)20-12-16-19-8-7-17(22-16)23-9-3-4-10-23/h5-8,11H,3-4,9-10,12H2,1-2H3,(H2,20,21,24). The Balaban J connectivity index is 1.56. The average Bonchev–Trinajstić information content (AvgIpc) is 3.17. The summed E-state index contributed by atoms with van der Waals surface area (Å²) in [5, 5.41) is 5.63. The summed E-state index contributed by atoms with van der Waals surface area (Å²) in [4.78, 5) is 23.1. The van der Waals surface area contributed by atoms with E-state index in [4.69, 9.17) is 4.74 Å². The van der Waals surface area contributed by atoms with Crippen LogP contribution in [-0.2, 0) is 6.54 Å². The molecule has 1 aliphatic heterocycles. The van der Waals surface area contributed by atoms with Crippen molar-refractivity contribution in [2.75, 3.05) is 30.4 Å². The van der Waals surface area contributed by atoms with Gasteiger partial charge in [0.15, 0.2) is 0 Å². The Morgan fingerprint density at radius 2 is 2.08 bits per heavy atom. The van der Waals surface area contributed by atoms with Gasteiger partial charge in [0, 0.05) is 25.0 Å². The van der Waals surface area contributed by atoms with Crippen LogP contribution in [0.5, 0.6) is 5.75 Å². The maximum absolute atomic E-state index is 12.1. The van der Waals surface area contributed by atoms with Crippen molar-refractivity contribution in [2.45, 2.75) is 26.3 Å². The molecule has 0 bridgehead atoms. The van der Waals surface area contributed by atoms with Crippen LogP contribution in [0.4, 0.5) is 16.3 Å². The summed E-state index contributed by atoms with van der Waals surface area (Å²) in [5.41, 5.74) is 1.67. The third-order valence-corrected chi connectivity index (χ3v) is 4.21. The summed E-state index contributed by atoms with van der Waals surface area (Å²) in [7, 11) is 1.62. The molecule has 2 N–H and O–H groups in total. The Labute approximate surface area is 147 Å². The lowest BCUT2D eigenvalue weighted by molar-refractivity contribution is 0.251. The van der Waals surface area contributed by atoms with Crippen LogP contribution in [0, 0.1) is 6.92 Å². The minimum atomic E-state index is -0.288. The van der Waals surface area contributed by atoms with Crippen LogP contribution < -0.4 is 20.3 Å². The normalized spacial score (nSPS) is 13.6. The second-order valence-electron chi connectivity index (χ2n) is 6.01. The van der Waals surface area contributed by atoms with E-state index in [9.17, 15) is 4.79 Å². The van der Waals surface area contributed by atoms with Crippen molar-refractivity contribution in [1.82, 2.24) is 15.3 Å². The highest BCUT2D eigenvalue weighted by atomic mass is 16.5. The van der Waals surface area contributed by atoms with E-state index >= 15 is 0 Å². The molecule has 1 fully saturated rings. The highest BCUT2D eigenvalue weighted by Crippen LogP contribution is 2.21. The molecule has 3 rings (SSSR count). The van der Waals surface area contributed by atoms with E-state index in [0.717, 1.165) is 35.9 Å². The van der Waals surface area contributed by atoms with Crippen LogP contribution in [0.15, 0.2) is 30.5 Å². The van der Waals surface area contributed by atoms with Gasteiger partial charge in [0.1, 0.15) is 17.4 Å². The zero-order valence-corrected chi connectivity index (χ0v) is 14.6. The van der Waals surface area contributed by atoms with Crippen molar-refractivity contribution in [3.05, 3.63) is 41.9 Å². The number of nitrogens with one attached hydrogen (secondary N) is 2. The van der Waals surface area contributed by atoms with Gasteiger partial charge in [-0.1, -0.05) is 0 Å². The smallest absolute Gasteiger partial charge is 0.319 e. The quantitative estimate of drug-likeness (QED) is 0.874. The van der Waals surface area contributed by atoms with Gasteiger partial charge in [0.2, 0.25) is 0 Å². The van der Waals surface area contributed by atoms with Gasteiger partial charge < -0.3 is 20.3 Å². The molecule has 1 aromatic carbocycles. The number of ether oxygens (including phenoxy) is 1. The molecule has 0 spiro atoms. The number of rotatable bonds is 5. The Kier molecular flexibility index (Phi) is 5.33. The van der Waals surface area contributed by atoms with Gasteiger partial charge >= 0.3 is 6.03 Å².